The van der Waals surface area contributed by atoms with Crippen LogP contribution in [0.15, 0.2) is 48.5 Å². The van der Waals surface area contributed by atoms with Crippen molar-refractivity contribution in [3.63, 3.8) is 0 Å². The maximum absolute atomic E-state index is 10.5. The third kappa shape index (κ3) is 4.94. The number of nitrogens with zero attached hydrogens (tertiary/aromatic N) is 1. The van der Waals surface area contributed by atoms with E-state index in [1.165, 1.54) is 10.1 Å². The van der Waals surface area contributed by atoms with Crippen molar-refractivity contribution in [1.29, 1.82) is 0 Å². The number of fused-ring (bicyclic) bond motifs is 1. The number of anilines is 1. The fourth-order valence-electron chi connectivity index (χ4n) is 1.87. The summed E-state index contributed by atoms with van der Waals surface area (Å²) in [6.07, 6.45) is 1.13. The van der Waals surface area contributed by atoms with Gasteiger partial charge in [0.05, 0.1) is 4.70 Å². The minimum Gasteiger partial charge on any atom is -0.369 e. The third-order valence-electron chi connectivity index (χ3n) is 3.05. The fourth-order valence-corrected chi connectivity index (χ4v) is 2.75. The molecule has 2 aromatic carbocycles. The second kappa shape index (κ2) is 8.50. The number of hydrogen-bond donors (Lipinski definition) is 2. The molecule has 1 amide bonds. The summed E-state index contributed by atoms with van der Waals surface area (Å²) in [5.41, 5.74) is 5.46. The highest BCUT2D eigenvalue weighted by molar-refractivity contribution is 7.13. The first-order valence-electron chi connectivity index (χ1n) is 7.25. The van der Waals surface area contributed by atoms with Gasteiger partial charge >= 0.3 is 0 Å². The van der Waals surface area contributed by atoms with Gasteiger partial charge < -0.3 is 11.1 Å². The van der Waals surface area contributed by atoms with Crippen LogP contribution in [-0.4, -0.2) is 16.8 Å². The van der Waals surface area contributed by atoms with Crippen molar-refractivity contribution in [3.8, 4) is 0 Å². The molecule has 0 spiro atoms. The van der Waals surface area contributed by atoms with Gasteiger partial charge in [0, 0.05) is 22.5 Å². The van der Waals surface area contributed by atoms with E-state index in [4.69, 9.17) is 17.3 Å². The van der Waals surface area contributed by atoms with Crippen molar-refractivity contribution in [3.05, 3.63) is 59.1 Å². The van der Waals surface area contributed by atoms with E-state index >= 15 is 0 Å². The fraction of sp³-hybridized carbons (Fsp3) is 0.176. The van der Waals surface area contributed by atoms with Gasteiger partial charge in [-0.05, 0) is 54.4 Å². The van der Waals surface area contributed by atoms with Gasteiger partial charge in [0.15, 0.2) is 0 Å². The highest BCUT2D eigenvalue weighted by Gasteiger charge is 2.02. The summed E-state index contributed by atoms with van der Waals surface area (Å²) < 4.78 is 5.61. The maximum Gasteiger partial charge on any atom is 0.248 e. The molecule has 3 N–H and O–H groups in total. The summed E-state index contributed by atoms with van der Waals surface area (Å²) in [6.45, 7) is 3.15. The van der Waals surface area contributed by atoms with Crippen LogP contribution in [-0.2, 0) is 0 Å². The van der Waals surface area contributed by atoms with Crippen LogP contribution in [0, 0.1) is 0 Å². The second-order valence-corrected chi connectivity index (χ2v) is 6.07. The topological polar surface area (TPSA) is 68.0 Å². The molecule has 0 unspecified atom stereocenters. The van der Waals surface area contributed by atoms with Gasteiger partial charge in [-0.15, -0.1) is 0 Å². The zero-order valence-corrected chi connectivity index (χ0v) is 14.3. The molecule has 3 aromatic rings. The van der Waals surface area contributed by atoms with Crippen molar-refractivity contribution >= 4 is 44.9 Å². The molecular weight excluding hydrogens is 330 g/mol. The number of halogens is 1. The lowest BCUT2D eigenvalue weighted by Gasteiger charge is -1.99. The molecular formula is C17H18ClN3OS. The summed E-state index contributed by atoms with van der Waals surface area (Å²) in [7, 11) is 0. The monoisotopic (exact) mass is 347 g/mol. The Morgan fingerprint density at radius 2 is 1.91 bits per heavy atom. The van der Waals surface area contributed by atoms with E-state index in [0.717, 1.165) is 18.8 Å². The number of carbonyl (C=O) groups excluding carboxylic acids is 1. The Bertz CT molecular complexity index is 771. The number of carbonyl (C=O) groups is 1. The van der Waals surface area contributed by atoms with Crippen LogP contribution in [0.1, 0.15) is 23.7 Å². The number of hydrogen-bond acceptors (Lipinski definition) is 4. The highest BCUT2D eigenvalue weighted by atomic mass is 35.5. The van der Waals surface area contributed by atoms with E-state index < -0.39 is 5.91 Å². The molecule has 4 nitrogen and oxygen atoms in total. The lowest BCUT2D eigenvalue weighted by Crippen LogP contribution is -2.10. The molecule has 0 bridgehead atoms. The van der Waals surface area contributed by atoms with Crippen LogP contribution in [0.2, 0.25) is 5.02 Å². The second-order valence-electron chi connectivity index (χ2n) is 4.83. The smallest absolute Gasteiger partial charge is 0.248 e. The lowest BCUT2D eigenvalue weighted by atomic mass is 10.2. The van der Waals surface area contributed by atoms with Gasteiger partial charge in [0.25, 0.3) is 0 Å². The van der Waals surface area contributed by atoms with Crippen molar-refractivity contribution < 1.29 is 4.79 Å². The molecule has 0 aliphatic heterocycles. The number of nitrogens with one attached hydrogen (secondary N) is 1. The molecule has 6 heteroatoms. The van der Waals surface area contributed by atoms with Crippen LogP contribution >= 0.6 is 23.1 Å². The molecule has 0 atom stereocenters. The standard InChI is InChI=1S/C10H12N2S.C7H6ClNO/c1-2-7-11-10-8-5-3-4-6-9(8)13-12-10;8-6-3-1-5(2-4-6)7(9)10/h3-6H,2,7H2,1H3,(H,11,12);1-4H,(H2,9,10). The number of rotatable bonds is 4. The normalized spacial score (nSPS) is 10.0. The molecule has 0 saturated heterocycles. The first-order chi connectivity index (χ1) is 11.1. The molecule has 120 valence electrons. The van der Waals surface area contributed by atoms with E-state index in [1.807, 2.05) is 12.1 Å². The van der Waals surface area contributed by atoms with Gasteiger partial charge in [0.2, 0.25) is 5.91 Å². The zero-order chi connectivity index (χ0) is 16.7. The highest BCUT2D eigenvalue weighted by Crippen LogP contribution is 2.25. The lowest BCUT2D eigenvalue weighted by molar-refractivity contribution is 0.100. The molecule has 1 aromatic heterocycles. The summed E-state index contributed by atoms with van der Waals surface area (Å²) >= 11 is 7.12. The molecule has 1 heterocycles. The minimum absolute atomic E-state index is 0.434. The van der Waals surface area contributed by atoms with Gasteiger partial charge in [-0.1, -0.05) is 30.7 Å². The Morgan fingerprint density at radius 1 is 1.22 bits per heavy atom. The van der Waals surface area contributed by atoms with E-state index in [9.17, 15) is 4.79 Å². The van der Waals surface area contributed by atoms with E-state index in [0.29, 0.717) is 10.6 Å². The maximum atomic E-state index is 10.5. The minimum atomic E-state index is -0.434. The average molecular weight is 348 g/mol. The van der Waals surface area contributed by atoms with E-state index in [2.05, 4.69) is 28.7 Å². The first kappa shape index (κ1) is 17.2. The van der Waals surface area contributed by atoms with E-state index in [-0.39, 0.29) is 0 Å². The van der Waals surface area contributed by atoms with Crippen LogP contribution in [0.3, 0.4) is 0 Å². The SMILES string of the molecule is CCCNc1nsc2ccccc12.NC(=O)c1ccc(Cl)cc1. The number of amides is 1. The summed E-state index contributed by atoms with van der Waals surface area (Å²) in [6, 6.07) is 14.7. The molecule has 0 saturated carbocycles. The Balaban J connectivity index is 0.000000174. The Kier molecular flexibility index (Phi) is 6.38. The number of aromatic nitrogens is 1. The van der Waals surface area contributed by atoms with Gasteiger partial charge in [0.1, 0.15) is 5.82 Å². The van der Waals surface area contributed by atoms with Gasteiger partial charge in [-0.3, -0.25) is 4.79 Å². The number of benzene rings is 2. The number of nitrogens with two attached hydrogens (primary N) is 1. The quantitative estimate of drug-likeness (QED) is 0.727. The van der Waals surface area contributed by atoms with Crippen LogP contribution in [0.4, 0.5) is 5.82 Å². The third-order valence-corrected chi connectivity index (χ3v) is 4.13. The van der Waals surface area contributed by atoms with Gasteiger partial charge in [-0.25, -0.2) is 0 Å². The van der Waals surface area contributed by atoms with Gasteiger partial charge in [-0.2, -0.15) is 4.37 Å². The molecule has 0 fully saturated rings. The van der Waals surface area contributed by atoms with Crippen molar-refractivity contribution in [2.45, 2.75) is 13.3 Å². The Labute approximate surface area is 144 Å². The first-order valence-corrected chi connectivity index (χ1v) is 8.40. The molecule has 3 rings (SSSR count). The molecule has 23 heavy (non-hydrogen) atoms. The average Bonchev–Trinajstić information content (AvgIpc) is 2.97. The summed E-state index contributed by atoms with van der Waals surface area (Å²) in [5, 5.41) is 5.16. The molecule has 0 aliphatic rings. The predicted molar refractivity (Wildman–Crippen MR) is 98.4 cm³/mol. The largest absolute Gasteiger partial charge is 0.369 e. The molecule has 0 radical (unpaired) electrons. The Hall–Kier alpha value is -2.11. The van der Waals surface area contributed by atoms with Crippen molar-refractivity contribution in [1.82, 2.24) is 4.37 Å². The zero-order valence-electron chi connectivity index (χ0n) is 12.8. The number of primary amides is 1. The van der Waals surface area contributed by atoms with Crippen molar-refractivity contribution in [2.24, 2.45) is 5.73 Å². The van der Waals surface area contributed by atoms with Crippen molar-refractivity contribution in [2.75, 3.05) is 11.9 Å². The summed E-state index contributed by atoms with van der Waals surface area (Å²) in [5.74, 6) is 0.596. The predicted octanol–water partition coefficient (Wildman–Crippen LogP) is 4.56. The van der Waals surface area contributed by atoms with Crippen LogP contribution < -0.4 is 11.1 Å². The van der Waals surface area contributed by atoms with Crippen LogP contribution in [0.5, 0.6) is 0 Å². The summed E-state index contributed by atoms with van der Waals surface area (Å²) in [4.78, 5) is 10.5. The Morgan fingerprint density at radius 3 is 2.57 bits per heavy atom. The molecule has 0 aliphatic carbocycles. The van der Waals surface area contributed by atoms with E-state index in [1.54, 1.807) is 35.8 Å². The van der Waals surface area contributed by atoms with Crippen LogP contribution in [0.25, 0.3) is 10.1 Å².